The fourth-order valence-electron chi connectivity index (χ4n) is 1.70. The molecule has 1 aliphatic heterocycles. The second-order valence-electron chi connectivity index (χ2n) is 3.62. The minimum Gasteiger partial charge on any atom is -0.341 e. The van der Waals surface area contributed by atoms with Crippen LogP contribution in [0.4, 0.5) is 0 Å². The molecule has 13 heavy (non-hydrogen) atoms. The number of thiophene rings is 1. The Morgan fingerprint density at radius 1 is 1.62 bits per heavy atom. The second-order valence-corrected chi connectivity index (χ2v) is 4.54. The fraction of sp³-hybridized carbons (Fsp3) is 0.500. The summed E-state index contributed by atoms with van der Waals surface area (Å²) in [5.74, 6) is 0.713. The summed E-state index contributed by atoms with van der Waals surface area (Å²) in [5.41, 5.74) is 1.24. The van der Waals surface area contributed by atoms with E-state index < -0.39 is 0 Å². The van der Waals surface area contributed by atoms with Crippen LogP contribution in [0.3, 0.4) is 0 Å². The molecule has 0 bridgehead atoms. The Bertz CT molecular complexity index is 331. The van der Waals surface area contributed by atoms with Gasteiger partial charge in [-0.1, -0.05) is 6.92 Å². The molecule has 1 aromatic heterocycles. The number of hydrogen-bond donors (Lipinski definition) is 0. The Labute approximate surface area is 82.2 Å². The van der Waals surface area contributed by atoms with Gasteiger partial charge in [-0.15, -0.1) is 11.3 Å². The minimum absolute atomic E-state index is 0.189. The van der Waals surface area contributed by atoms with Crippen molar-refractivity contribution in [1.29, 1.82) is 0 Å². The van der Waals surface area contributed by atoms with Crippen molar-refractivity contribution >= 4 is 17.2 Å². The molecule has 1 atom stereocenters. The molecule has 2 nitrogen and oxygen atoms in total. The summed E-state index contributed by atoms with van der Waals surface area (Å²) in [6.07, 6.45) is 1.08. The zero-order valence-electron chi connectivity index (χ0n) is 7.91. The first-order valence-electron chi connectivity index (χ1n) is 4.53. The standard InChI is InChI=1S/C10H13NOS/c1-7-3-5-11(2)10(12)9-8(7)4-6-13-9/h4,6-7H,3,5H2,1-2H3. The van der Waals surface area contributed by atoms with Gasteiger partial charge in [0, 0.05) is 13.6 Å². The van der Waals surface area contributed by atoms with E-state index in [1.165, 1.54) is 5.56 Å². The van der Waals surface area contributed by atoms with Gasteiger partial charge in [-0.25, -0.2) is 0 Å². The molecule has 2 rings (SSSR count). The van der Waals surface area contributed by atoms with E-state index in [0.29, 0.717) is 5.92 Å². The molecule has 0 saturated carbocycles. The highest BCUT2D eigenvalue weighted by Crippen LogP contribution is 2.30. The van der Waals surface area contributed by atoms with Gasteiger partial charge in [0.05, 0.1) is 4.88 Å². The van der Waals surface area contributed by atoms with Crippen LogP contribution in [-0.4, -0.2) is 24.4 Å². The molecule has 3 heteroatoms. The van der Waals surface area contributed by atoms with Crippen LogP contribution in [0.15, 0.2) is 11.4 Å². The van der Waals surface area contributed by atoms with Gasteiger partial charge in [0.25, 0.3) is 5.91 Å². The van der Waals surface area contributed by atoms with Crippen LogP contribution in [0.1, 0.15) is 34.5 Å². The van der Waals surface area contributed by atoms with Crippen LogP contribution in [0.25, 0.3) is 0 Å². The lowest BCUT2D eigenvalue weighted by molar-refractivity contribution is 0.0804. The van der Waals surface area contributed by atoms with Crippen molar-refractivity contribution in [3.63, 3.8) is 0 Å². The smallest absolute Gasteiger partial charge is 0.263 e. The molecule has 1 aromatic rings. The molecule has 0 N–H and O–H groups in total. The van der Waals surface area contributed by atoms with Gasteiger partial charge in [-0.2, -0.15) is 0 Å². The highest BCUT2D eigenvalue weighted by Gasteiger charge is 2.24. The number of nitrogens with zero attached hydrogens (tertiary/aromatic N) is 1. The molecule has 0 aromatic carbocycles. The zero-order chi connectivity index (χ0) is 9.42. The van der Waals surface area contributed by atoms with Crippen LogP contribution < -0.4 is 0 Å². The first kappa shape index (κ1) is 8.75. The first-order valence-corrected chi connectivity index (χ1v) is 5.41. The summed E-state index contributed by atoms with van der Waals surface area (Å²) in [4.78, 5) is 14.5. The Kier molecular flexibility index (Phi) is 2.12. The molecule has 0 radical (unpaired) electrons. The lowest BCUT2D eigenvalue weighted by Crippen LogP contribution is -2.25. The second kappa shape index (κ2) is 3.14. The van der Waals surface area contributed by atoms with E-state index in [-0.39, 0.29) is 5.91 Å². The van der Waals surface area contributed by atoms with Crippen molar-refractivity contribution in [2.24, 2.45) is 0 Å². The van der Waals surface area contributed by atoms with Gasteiger partial charge < -0.3 is 4.90 Å². The topological polar surface area (TPSA) is 20.3 Å². The van der Waals surface area contributed by atoms with E-state index >= 15 is 0 Å². The molecule has 0 aliphatic carbocycles. The molecular weight excluding hydrogens is 182 g/mol. The van der Waals surface area contributed by atoms with E-state index in [2.05, 4.69) is 13.0 Å². The molecule has 0 saturated heterocycles. The third-order valence-electron chi connectivity index (χ3n) is 2.67. The largest absolute Gasteiger partial charge is 0.341 e. The van der Waals surface area contributed by atoms with E-state index in [4.69, 9.17) is 0 Å². The number of fused-ring (bicyclic) bond motifs is 1. The Morgan fingerprint density at radius 3 is 3.15 bits per heavy atom. The van der Waals surface area contributed by atoms with E-state index in [1.807, 2.05) is 17.3 Å². The van der Waals surface area contributed by atoms with Crippen molar-refractivity contribution in [2.75, 3.05) is 13.6 Å². The molecule has 70 valence electrons. The maximum absolute atomic E-state index is 11.8. The summed E-state index contributed by atoms with van der Waals surface area (Å²) in [7, 11) is 1.88. The third kappa shape index (κ3) is 1.37. The van der Waals surface area contributed by atoms with Crippen molar-refractivity contribution in [3.05, 3.63) is 21.9 Å². The molecular formula is C10H13NOS. The van der Waals surface area contributed by atoms with Crippen molar-refractivity contribution in [3.8, 4) is 0 Å². The lowest BCUT2D eigenvalue weighted by Gasteiger charge is -2.13. The first-order chi connectivity index (χ1) is 6.20. The number of carbonyl (C=O) groups is 1. The van der Waals surface area contributed by atoms with E-state index in [9.17, 15) is 4.79 Å². The minimum atomic E-state index is 0.189. The van der Waals surface area contributed by atoms with Crippen molar-refractivity contribution in [1.82, 2.24) is 4.90 Å². The van der Waals surface area contributed by atoms with Crippen LogP contribution in [0.2, 0.25) is 0 Å². The van der Waals surface area contributed by atoms with Gasteiger partial charge in [0.2, 0.25) is 0 Å². The summed E-state index contributed by atoms with van der Waals surface area (Å²) in [5, 5.41) is 2.01. The molecule has 1 unspecified atom stereocenters. The SMILES string of the molecule is CC1CCN(C)C(=O)c2sccc21. The van der Waals surface area contributed by atoms with Gasteiger partial charge in [0.1, 0.15) is 0 Å². The van der Waals surface area contributed by atoms with Gasteiger partial charge >= 0.3 is 0 Å². The summed E-state index contributed by atoms with van der Waals surface area (Å²) >= 11 is 1.56. The van der Waals surface area contributed by atoms with E-state index in [1.54, 1.807) is 11.3 Å². The van der Waals surface area contributed by atoms with Gasteiger partial charge in [-0.3, -0.25) is 4.79 Å². The highest BCUT2D eigenvalue weighted by atomic mass is 32.1. The maximum atomic E-state index is 11.8. The maximum Gasteiger partial charge on any atom is 0.263 e. The predicted molar refractivity (Wildman–Crippen MR) is 54.3 cm³/mol. The van der Waals surface area contributed by atoms with Crippen LogP contribution in [0, 0.1) is 0 Å². The van der Waals surface area contributed by atoms with Crippen LogP contribution in [-0.2, 0) is 0 Å². The van der Waals surface area contributed by atoms with Gasteiger partial charge in [0.15, 0.2) is 0 Å². The number of rotatable bonds is 0. The average Bonchev–Trinajstić information content (AvgIpc) is 2.57. The van der Waals surface area contributed by atoms with Crippen molar-refractivity contribution < 1.29 is 4.79 Å². The summed E-state index contributed by atoms with van der Waals surface area (Å²) in [6, 6.07) is 2.09. The summed E-state index contributed by atoms with van der Waals surface area (Å²) in [6.45, 7) is 3.07. The van der Waals surface area contributed by atoms with Gasteiger partial charge in [-0.05, 0) is 29.3 Å². The summed E-state index contributed by atoms with van der Waals surface area (Å²) < 4.78 is 0. The molecule has 0 fully saturated rings. The Hall–Kier alpha value is -0.830. The quantitative estimate of drug-likeness (QED) is 0.622. The van der Waals surface area contributed by atoms with Crippen molar-refractivity contribution in [2.45, 2.75) is 19.3 Å². The Balaban J connectivity index is 2.46. The number of amides is 1. The monoisotopic (exact) mass is 195 g/mol. The molecule has 0 spiro atoms. The van der Waals surface area contributed by atoms with E-state index in [0.717, 1.165) is 17.8 Å². The fourth-order valence-corrected chi connectivity index (χ4v) is 2.71. The third-order valence-corrected chi connectivity index (χ3v) is 3.58. The molecule has 1 aliphatic rings. The molecule has 2 heterocycles. The number of carbonyl (C=O) groups excluding carboxylic acids is 1. The Morgan fingerprint density at radius 2 is 2.38 bits per heavy atom. The number of hydrogen-bond acceptors (Lipinski definition) is 2. The zero-order valence-corrected chi connectivity index (χ0v) is 8.73. The van der Waals surface area contributed by atoms with Crippen LogP contribution >= 0.6 is 11.3 Å². The molecule has 1 amide bonds. The lowest BCUT2D eigenvalue weighted by atomic mass is 10.00. The van der Waals surface area contributed by atoms with Crippen LogP contribution in [0.5, 0.6) is 0 Å². The average molecular weight is 195 g/mol. The predicted octanol–water partition coefficient (Wildman–Crippen LogP) is 2.33. The normalized spacial score (nSPS) is 22.8. The highest BCUT2D eigenvalue weighted by molar-refractivity contribution is 7.12.